The largest absolute Gasteiger partial charge is 0.371 e. The summed E-state index contributed by atoms with van der Waals surface area (Å²) in [5.41, 5.74) is 2.90. The van der Waals surface area contributed by atoms with E-state index in [0.717, 1.165) is 42.8 Å². The third-order valence-corrected chi connectivity index (χ3v) is 7.93. The molecule has 0 aliphatic carbocycles. The van der Waals surface area contributed by atoms with Crippen molar-refractivity contribution in [2.24, 2.45) is 0 Å². The van der Waals surface area contributed by atoms with Gasteiger partial charge in [-0.05, 0) is 65.0 Å². The molecule has 4 aromatic heterocycles. The van der Waals surface area contributed by atoms with Crippen LogP contribution in [0.2, 0.25) is 0 Å². The molecule has 1 saturated heterocycles. The maximum absolute atomic E-state index is 13.4. The van der Waals surface area contributed by atoms with Crippen LogP contribution in [0.1, 0.15) is 32.7 Å². The fraction of sp³-hybridized carbons (Fsp3) is 0.367. The predicted molar refractivity (Wildman–Crippen MR) is 166 cm³/mol. The number of benzene rings is 1. The average molecular weight is 569 g/mol. The van der Waals surface area contributed by atoms with Crippen molar-refractivity contribution in [2.75, 3.05) is 37.4 Å². The molecule has 0 saturated carbocycles. The molecule has 2 N–H and O–H groups in total. The molecule has 6 rings (SSSR count). The minimum absolute atomic E-state index is 0.156. The third kappa shape index (κ3) is 4.87. The van der Waals surface area contributed by atoms with Gasteiger partial charge in [-0.1, -0.05) is 6.08 Å². The Balaban J connectivity index is 1.41. The van der Waals surface area contributed by atoms with E-state index in [1.807, 2.05) is 26.1 Å². The fourth-order valence-electron chi connectivity index (χ4n) is 5.74. The number of anilines is 3. The zero-order valence-corrected chi connectivity index (χ0v) is 24.4. The number of hydrogen-bond donors (Lipinski definition) is 2. The van der Waals surface area contributed by atoms with Gasteiger partial charge < -0.3 is 20.1 Å². The lowest BCUT2D eigenvalue weighted by molar-refractivity contribution is 0.250. The number of nitrogens with zero attached hydrogens (tertiary/aromatic N) is 8. The van der Waals surface area contributed by atoms with Crippen LogP contribution in [0, 0.1) is 0 Å². The highest BCUT2D eigenvalue weighted by Gasteiger charge is 2.23. The molecule has 1 fully saturated rings. The van der Waals surface area contributed by atoms with E-state index in [1.165, 1.54) is 27.0 Å². The molecule has 0 amide bonds. The number of fused-ring (bicyclic) bond motifs is 2. The number of hydrogen-bond acceptors (Lipinski definition) is 8. The monoisotopic (exact) mass is 568 g/mol. The van der Waals surface area contributed by atoms with Gasteiger partial charge in [-0.15, -0.1) is 11.7 Å². The third-order valence-electron chi connectivity index (χ3n) is 7.93. The molecule has 5 heterocycles. The normalized spacial score (nSPS) is 14.5. The molecule has 0 unspecified atom stereocenters. The highest BCUT2D eigenvalue weighted by atomic mass is 16.1. The summed E-state index contributed by atoms with van der Waals surface area (Å²) in [6.07, 6.45) is 7.33. The molecule has 1 aliphatic heterocycles. The Hall–Kier alpha value is -4.71. The van der Waals surface area contributed by atoms with Crippen LogP contribution in [0.15, 0.2) is 65.0 Å². The molecular weight excluding hydrogens is 532 g/mol. The fourth-order valence-corrected chi connectivity index (χ4v) is 5.74. The molecule has 0 bridgehead atoms. The van der Waals surface area contributed by atoms with Gasteiger partial charge in [-0.25, -0.2) is 19.0 Å². The average Bonchev–Trinajstić information content (AvgIpc) is 3.55. The number of rotatable bonds is 8. The van der Waals surface area contributed by atoms with Gasteiger partial charge in [0.15, 0.2) is 11.5 Å². The van der Waals surface area contributed by atoms with E-state index >= 15 is 0 Å². The van der Waals surface area contributed by atoms with Crippen LogP contribution in [-0.2, 0) is 6.54 Å². The van der Waals surface area contributed by atoms with E-state index < -0.39 is 0 Å². The van der Waals surface area contributed by atoms with Gasteiger partial charge in [0.2, 0.25) is 5.95 Å². The van der Waals surface area contributed by atoms with Crippen LogP contribution >= 0.6 is 0 Å². The van der Waals surface area contributed by atoms with Gasteiger partial charge in [0, 0.05) is 59.9 Å². The first kappa shape index (κ1) is 27.5. The molecule has 12 nitrogen and oxygen atoms in total. The first-order chi connectivity index (χ1) is 20.2. The van der Waals surface area contributed by atoms with Gasteiger partial charge in [0.05, 0.1) is 12.6 Å². The molecule has 0 atom stereocenters. The zero-order valence-electron chi connectivity index (χ0n) is 24.4. The van der Waals surface area contributed by atoms with Gasteiger partial charge in [0.1, 0.15) is 5.39 Å². The highest BCUT2D eigenvalue weighted by molar-refractivity contribution is 5.96. The minimum Gasteiger partial charge on any atom is -0.371 e. The summed E-state index contributed by atoms with van der Waals surface area (Å²) in [4.78, 5) is 43.1. The van der Waals surface area contributed by atoms with Crippen LogP contribution in [0.25, 0.3) is 27.8 Å². The molecular formula is C30H36N10O2. The second-order valence-corrected chi connectivity index (χ2v) is 11.2. The Morgan fingerprint density at radius 3 is 2.64 bits per heavy atom. The van der Waals surface area contributed by atoms with E-state index in [-0.39, 0.29) is 23.7 Å². The lowest BCUT2D eigenvalue weighted by atomic mass is 10.0. The first-order valence-corrected chi connectivity index (χ1v) is 14.2. The summed E-state index contributed by atoms with van der Waals surface area (Å²) in [6.45, 7) is 9.76. The number of allylic oxidation sites excluding steroid dienone is 1. The van der Waals surface area contributed by atoms with Crippen molar-refractivity contribution in [1.29, 1.82) is 0 Å². The maximum atomic E-state index is 13.4. The quantitative estimate of drug-likeness (QED) is 0.272. The molecule has 12 heteroatoms. The number of nitrogens with one attached hydrogen (secondary N) is 2. The Labute approximate surface area is 242 Å². The van der Waals surface area contributed by atoms with Crippen molar-refractivity contribution < 1.29 is 0 Å². The summed E-state index contributed by atoms with van der Waals surface area (Å²) in [5.74, 6) is 0.741. The van der Waals surface area contributed by atoms with E-state index in [9.17, 15) is 9.59 Å². The van der Waals surface area contributed by atoms with Crippen molar-refractivity contribution in [2.45, 2.75) is 45.3 Å². The second-order valence-electron chi connectivity index (χ2n) is 11.2. The topological polar surface area (TPSA) is 122 Å². The first-order valence-electron chi connectivity index (χ1n) is 14.2. The van der Waals surface area contributed by atoms with Crippen LogP contribution in [0.4, 0.5) is 17.3 Å². The lowest BCUT2D eigenvalue weighted by Gasteiger charge is -2.37. The van der Waals surface area contributed by atoms with Crippen LogP contribution in [0.5, 0.6) is 0 Å². The van der Waals surface area contributed by atoms with Gasteiger partial charge in [-0.3, -0.25) is 9.59 Å². The molecule has 5 aromatic rings. The predicted octanol–water partition coefficient (Wildman–Crippen LogP) is 3.66. The van der Waals surface area contributed by atoms with Crippen molar-refractivity contribution >= 4 is 39.3 Å². The second kappa shape index (κ2) is 10.9. The molecule has 0 spiro atoms. The van der Waals surface area contributed by atoms with Crippen LogP contribution in [-0.4, -0.2) is 72.2 Å². The van der Waals surface area contributed by atoms with Crippen molar-refractivity contribution in [3.63, 3.8) is 0 Å². The molecule has 0 radical (unpaired) electrons. The van der Waals surface area contributed by atoms with Crippen LogP contribution < -0.4 is 21.3 Å². The van der Waals surface area contributed by atoms with E-state index in [0.29, 0.717) is 28.8 Å². The Bertz CT molecular complexity index is 1890. The van der Waals surface area contributed by atoms with Crippen molar-refractivity contribution in [3.05, 3.63) is 76.1 Å². The molecule has 1 aliphatic rings. The van der Waals surface area contributed by atoms with Crippen molar-refractivity contribution in [1.82, 2.24) is 39.0 Å². The Morgan fingerprint density at radius 1 is 1.14 bits per heavy atom. The van der Waals surface area contributed by atoms with Gasteiger partial charge in [-0.2, -0.15) is 4.98 Å². The van der Waals surface area contributed by atoms with Crippen molar-refractivity contribution in [3.8, 4) is 5.82 Å². The molecule has 218 valence electrons. The highest BCUT2D eigenvalue weighted by Crippen LogP contribution is 2.33. The summed E-state index contributed by atoms with van der Waals surface area (Å²) in [5, 5.41) is 9.43. The van der Waals surface area contributed by atoms with E-state index in [4.69, 9.17) is 4.98 Å². The summed E-state index contributed by atoms with van der Waals surface area (Å²) in [6, 6.07) is 9.76. The summed E-state index contributed by atoms with van der Waals surface area (Å²) >= 11 is 0. The van der Waals surface area contributed by atoms with Gasteiger partial charge in [0.25, 0.3) is 11.1 Å². The number of aromatic amines is 1. The molecule has 42 heavy (non-hydrogen) atoms. The lowest BCUT2D eigenvalue weighted by Crippen LogP contribution is -2.42. The summed E-state index contributed by atoms with van der Waals surface area (Å²) in [7, 11) is 4.29. The Morgan fingerprint density at radius 2 is 1.93 bits per heavy atom. The smallest absolute Gasteiger partial charge is 0.278 e. The van der Waals surface area contributed by atoms with E-state index in [1.54, 1.807) is 16.8 Å². The number of H-pyrrole nitrogens is 1. The minimum atomic E-state index is -0.267. The number of piperidine rings is 1. The summed E-state index contributed by atoms with van der Waals surface area (Å²) < 4.78 is 4.51. The number of aromatic nitrogens is 7. The van der Waals surface area contributed by atoms with E-state index in [2.05, 4.69) is 63.0 Å². The maximum Gasteiger partial charge on any atom is 0.278 e. The SMILES string of the molecule is C=CCn1c(=O)c2cnc(Nc3cc(N4CCC(N(C)C)CC4)c4cc[nH]c4c3)nc2n1-c1ccc(=O)n(C(C)C)n1. The molecule has 1 aromatic carbocycles. The zero-order chi connectivity index (χ0) is 29.5. The standard InChI is InChI=1S/C30H36N10O2/c1-6-13-38-29(42)23-18-32-30(34-28(23)40(38)26-7-8-27(41)39(35-26)19(2)3)33-20-16-24-22(9-12-31-24)25(17-20)37-14-10-21(11-15-37)36(4)5/h6-9,12,16-19,21,31H,1,10-11,13-15H2,2-5H3,(H,32,33,34). The Kier molecular flexibility index (Phi) is 7.15. The van der Waals surface area contributed by atoms with Gasteiger partial charge >= 0.3 is 0 Å². The van der Waals surface area contributed by atoms with Crippen LogP contribution in [0.3, 0.4) is 0 Å².